The Morgan fingerprint density at radius 2 is 1.67 bits per heavy atom. The molecule has 3 aromatic carbocycles. The zero-order valence-corrected chi connectivity index (χ0v) is 16.9. The highest BCUT2D eigenvalue weighted by molar-refractivity contribution is 5.94. The number of benzene rings is 3. The Morgan fingerprint density at radius 1 is 0.967 bits per heavy atom. The number of aryl methyl sites for hydroxylation is 2. The van der Waals surface area contributed by atoms with Crippen molar-refractivity contribution >= 4 is 22.6 Å². The van der Waals surface area contributed by atoms with Gasteiger partial charge in [-0.25, -0.2) is 4.79 Å². The van der Waals surface area contributed by atoms with Crippen molar-refractivity contribution in [1.82, 2.24) is 9.13 Å². The van der Waals surface area contributed by atoms with Gasteiger partial charge < -0.3 is 4.90 Å². The molecule has 0 bridgehead atoms. The predicted molar refractivity (Wildman–Crippen MR) is 120 cm³/mol. The molecular weight excluding hydrogens is 374 g/mol. The fraction of sp³-hybridized carbons (Fsp3) is 0.200. The Morgan fingerprint density at radius 3 is 2.40 bits per heavy atom. The summed E-state index contributed by atoms with van der Waals surface area (Å²) >= 11 is 0. The number of hydrogen-bond acceptors (Lipinski definition) is 2. The molecular formula is C25H23N3O2. The van der Waals surface area contributed by atoms with E-state index in [1.807, 2.05) is 59.2 Å². The summed E-state index contributed by atoms with van der Waals surface area (Å²) in [4.78, 5) is 27.8. The summed E-state index contributed by atoms with van der Waals surface area (Å²) in [6, 6.07) is 23.9. The van der Waals surface area contributed by atoms with Gasteiger partial charge in [0.2, 0.25) is 5.91 Å². The maximum atomic E-state index is 13.2. The van der Waals surface area contributed by atoms with Gasteiger partial charge in [0.15, 0.2) is 0 Å². The standard InChI is InChI=1S/C25H23N3O2/c1-26(21-12-6-3-7-13-21)23(29)17-28-22-16-20(18-9-4-2-5-10-18)15-19-11-8-14-27(24(19)22)25(28)30/h2-7,9-10,12-13,15-16H,8,11,14,17H2,1H3. The molecule has 0 unspecified atom stereocenters. The van der Waals surface area contributed by atoms with E-state index in [1.54, 1.807) is 16.5 Å². The number of carbonyl (C=O) groups is 1. The predicted octanol–water partition coefficient (Wildman–Crippen LogP) is 4.08. The highest BCUT2D eigenvalue weighted by Crippen LogP contribution is 2.31. The first kappa shape index (κ1) is 18.4. The van der Waals surface area contributed by atoms with Crippen LogP contribution in [0.15, 0.2) is 77.6 Å². The van der Waals surface area contributed by atoms with E-state index in [1.165, 1.54) is 5.56 Å². The molecule has 2 heterocycles. The Bertz CT molecular complexity index is 1290. The fourth-order valence-corrected chi connectivity index (χ4v) is 4.35. The normalized spacial score (nSPS) is 12.8. The second-order valence-corrected chi connectivity index (χ2v) is 7.78. The SMILES string of the molecule is CN(C(=O)Cn1c(=O)n2c3c(cc(-c4ccccc4)cc31)CCC2)c1ccccc1. The molecule has 5 nitrogen and oxygen atoms in total. The first-order valence-corrected chi connectivity index (χ1v) is 10.3. The molecule has 5 heteroatoms. The van der Waals surface area contributed by atoms with E-state index in [2.05, 4.69) is 18.2 Å². The molecule has 0 fully saturated rings. The van der Waals surface area contributed by atoms with Crippen LogP contribution in [0.2, 0.25) is 0 Å². The van der Waals surface area contributed by atoms with Crippen LogP contribution in [0, 0.1) is 0 Å². The van der Waals surface area contributed by atoms with Crippen LogP contribution in [0.4, 0.5) is 5.69 Å². The van der Waals surface area contributed by atoms with Gasteiger partial charge >= 0.3 is 5.69 Å². The summed E-state index contributed by atoms with van der Waals surface area (Å²) in [7, 11) is 1.75. The molecule has 0 saturated carbocycles. The largest absolute Gasteiger partial charge is 0.329 e. The van der Waals surface area contributed by atoms with Crippen molar-refractivity contribution in [3.05, 3.63) is 88.8 Å². The van der Waals surface area contributed by atoms with Crippen molar-refractivity contribution in [2.75, 3.05) is 11.9 Å². The lowest BCUT2D eigenvalue weighted by atomic mass is 9.97. The summed E-state index contributed by atoms with van der Waals surface area (Å²) in [5.41, 5.74) is 5.89. The van der Waals surface area contributed by atoms with E-state index >= 15 is 0 Å². The number of para-hydroxylation sites is 1. The van der Waals surface area contributed by atoms with Crippen LogP contribution >= 0.6 is 0 Å². The average Bonchev–Trinajstić information content (AvgIpc) is 3.07. The molecule has 0 N–H and O–H groups in total. The minimum atomic E-state index is -0.117. The monoisotopic (exact) mass is 397 g/mol. The Kier molecular flexibility index (Phi) is 4.51. The molecule has 0 atom stereocenters. The molecule has 0 radical (unpaired) electrons. The molecule has 0 aliphatic carbocycles. The summed E-state index contributed by atoms with van der Waals surface area (Å²) in [5.74, 6) is -0.117. The van der Waals surface area contributed by atoms with Gasteiger partial charge in [0, 0.05) is 19.3 Å². The molecule has 1 aromatic heterocycles. The van der Waals surface area contributed by atoms with Crippen LogP contribution < -0.4 is 10.6 Å². The smallest absolute Gasteiger partial charge is 0.314 e. The summed E-state index contributed by atoms with van der Waals surface area (Å²) < 4.78 is 3.47. The number of likely N-dealkylation sites (N-methyl/N-ethyl adjacent to an activating group) is 1. The summed E-state index contributed by atoms with van der Waals surface area (Å²) in [6.45, 7) is 0.716. The third kappa shape index (κ3) is 3.03. The van der Waals surface area contributed by atoms with Gasteiger partial charge in [0.05, 0.1) is 11.0 Å². The molecule has 0 saturated heterocycles. The van der Waals surface area contributed by atoms with Gasteiger partial charge in [-0.3, -0.25) is 13.9 Å². The van der Waals surface area contributed by atoms with Crippen LogP contribution in [0.3, 0.4) is 0 Å². The quantitative estimate of drug-likeness (QED) is 0.521. The number of imidazole rings is 1. The van der Waals surface area contributed by atoms with Crippen molar-refractivity contribution < 1.29 is 4.79 Å². The number of nitrogens with zero attached hydrogens (tertiary/aromatic N) is 3. The maximum absolute atomic E-state index is 13.2. The van der Waals surface area contributed by atoms with Gasteiger partial charge in [0.1, 0.15) is 6.54 Å². The molecule has 1 amide bonds. The van der Waals surface area contributed by atoms with Crippen LogP contribution in [-0.4, -0.2) is 22.1 Å². The summed E-state index contributed by atoms with van der Waals surface area (Å²) in [5, 5.41) is 0. The van der Waals surface area contributed by atoms with Crippen LogP contribution in [-0.2, 0) is 24.3 Å². The number of anilines is 1. The van der Waals surface area contributed by atoms with E-state index < -0.39 is 0 Å². The molecule has 4 aromatic rings. The zero-order valence-electron chi connectivity index (χ0n) is 16.9. The second kappa shape index (κ2) is 7.34. The van der Waals surface area contributed by atoms with Gasteiger partial charge in [-0.1, -0.05) is 48.5 Å². The number of carbonyl (C=O) groups excluding carboxylic acids is 1. The molecule has 1 aliphatic rings. The molecule has 5 rings (SSSR count). The van der Waals surface area contributed by atoms with Crippen molar-refractivity contribution in [2.24, 2.45) is 0 Å². The van der Waals surface area contributed by atoms with E-state index in [0.717, 1.165) is 40.7 Å². The third-order valence-electron chi connectivity index (χ3n) is 5.94. The lowest BCUT2D eigenvalue weighted by Gasteiger charge is -2.17. The minimum absolute atomic E-state index is 0.0193. The van der Waals surface area contributed by atoms with Crippen LogP contribution in [0.1, 0.15) is 12.0 Å². The second-order valence-electron chi connectivity index (χ2n) is 7.78. The Balaban J connectivity index is 1.62. The van der Waals surface area contributed by atoms with Crippen molar-refractivity contribution in [1.29, 1.82) is 0 Å². The highest BCUT2D eigenvalue weighted by atomic mass is 16.2. The van der Waals surface area contributed by atoms with Crippen LogP contribution in [0.25, 0.3) is 22.2 Å². The lowest BCUT2D eigenvalue weighted by molar-refractivity contribution is -0.118. The van der Waals surface area contributed by atoms with Gasteiger partial charge in [-0.2, -0.15) is 0 Å². The molecule has 1 aliphatic heterocycles. The van der Waals surface area contributed by atoms with E-state index in [4.69, 9.17) is 0 Å². The van der Waals surface area contributed by atoms with E-state index in [-0.39, 0.29) is 18.1 Å². The first-order valence-electron chi connectivity index (χ1n) is 10.3. The van der Waals surface area contributed by atoms with Gasteiger partial charge in [-0.05, 0) is 53.8 Å². The number of rotatable bonds is 4. The van der Waals surface area contributed by atoms with Crippen molar-refractivity contribution in [2.45, 2.75) is 25.9 Å². The van der Waals surface area contributed by atoms with E-state index in [9.17, 15) is 9.59 Å². The topological polar surface area (TPSA) is 47.2 Å². The first-order chi connectivity index (χ1) is 14.6. The van der Waals surface area contributed by atoms with E-state index in [0.29, 0.717) is 6.54 Å². The average molecular weight is 397 g/mol. The number of hydrogen-bond donors (Lipinski definition) is 0. The van der Waals surface area contributed by atoms with Crippen molar-refractivity contribution in [3.63, 3.8) is 0 Å². The number of aromatic nitrogens is 2. The van der Waals surface area contributed by atoms with Gasteiger partial charge in [0.25, 0.3) is 0 Å². The molecule has 30 heavy (non-hydrogen) atoms. The fourth-order valence-electron chi connectivity index (χ4n) is 4.35. The van der Waals surface area contributed by atoms with Crippen molar-refractivity contribution in [3.8, 4) is 11.1 Å². The lowest BCUT2D eigenvalue weighted by Crippen LogP contribution is -2.34. The Labute approximate surface area is 174 Å². The maximum Gasteiger partial charge on any atom is 0.329 e. The highest BCUT2D eigenvalue weighted by Gasteiger charge is 2.23. The van der Waals surface area contributed by atoms with Gasteiger partial charge in [-0.15, -0.1) is 0 Å². The van der Waals surface area contributed by atoms with Crippen LogP contribution in [0.5, 0.6) is 0 Å². The molecule has 0 spiro atoms. The number of amides is 1. The third-order valence-corrected chi connectivity index (χ3v) is 5.94. The molecule has 150 valence electrons. The Hall–Kier alpha value is -3.60. The summed E-state index contributed by atoms with van der Waals surface area (Å²) in [6.07, 6.45) is 1.88. The zero-order chi connectivity index (χ0) is 20.7. The minimum Gasteiger partial charge on any atom is -0.314 e.